The van der Waals surface area contributed by atoms with Gasteiger partial charge in [-0.2, -0.15) is 0 Å². The summed E-state index contributed by atoms with van der Waals surface area (Å²) in [5.74, 6) is -0.446. The molecule has 1 heterocycles. The maximum Gasteiger partial charge on any atom is 0.338 e. The number of fused-ring (bicyclic) bond motifs is 1. The molecule has 164 valence electrons. The number of hydrogen-bond acceptors (Lipinski definition) is 5. The second kappa shape index (κ2) is 8.71. The number of benzene rings is 4. The van der Waals surface area contributed by atoms with Gasteiger partial charge in [0.1, 0.15) is 6.61 Å². The van der Waals surface area contributed by atoms with E-state index < -0.39 is 11.8 Å². The highest BCUT2D eigenvalue weighted by Gasteiger charge is 2.47. The van der Waals surface area contributed by atoms with Crippen LogP contribution in [0.2, 0.25) is 0 Å². The van der Waals surface area contributed by atoms with Gasteiger partial charge in [-0.05, 0) is 17.7 Å². The highest BCUT2D eigenvalue weighted by Crippen LogP contribution is 2.52. The molecule has 4 aromatic rings. The van der Waals surface area contributed by atoms with Crippen LogP contribution in [-0.2, 0) is 17.1 Å². The number of methoxy groups -OCH3 is 1. The molecule has 1 aliphatic rings. The van der Waals surface area contributed by atoms with Crippen LogP contribution in [0.25, 0.3) is 0 Å². The molecular formula is C28H22O5. The Labute approximate surface area is 192 Å². The summed E-state index contributed by atoms with van der Waals surface area (Å²) in [6.45, 7) is 0.310. The SMILES string of the molecule is COC(=O)c1cc(OCc2ccccc2)c2c(c1)OC(c1ccccc1)(c1ccccc1)O2. The minimum atomic E-state index is -1.22. The van der Waals surface area contributed by atoms with Crippen LogP contribution < -0.4 is 14.2 Å². The summed E-state index contributed by atoms with van der Waals surface area (Å²) >= 11 is 0. The van der Waals surface area contributed by atoms with Gasteiger partial charge in [-0.1, -0.05) is 91.0 Å². The van der Waals surface area contributed by atoms with Crippen LogP contribution in [-0.4, -0.2) is 13.1 Å². The Hall–Kier alpha value is -4.25. The van der Waals surface area contributed by atoms with Crippen molar-refractivity contribution >= 4 is 5.97 Å². The minimum absolute atomic E-state index is 0.310. The van der Waals surface area contributed by atoms with Gasteiger partial charge in [0.25, 0.3) is 0 Å². The van der Waals surface area contributed by atoms with E-state index in [2.05, 4.69) is 0 Å². The molecule has 0 aromatic heterocycles. The van der Waals surface area contributed by atoms with E-state index in [0.29, 0.717) is 29.4 Å². The third-order valence-corrected chi connectivity index (χ3v) is 5.49. The molecule has 0 amide bonds. The first-order valence-electron chi connectivity index (χ1n) is 10.6. The Bertz CT molecular complexity index is 1210. The van der Waals surface area contributed by atoms with Crippen LogP contribution in [0.5, 0.6) is 17.2 Å². The zero-order valence-electron chi connectivity index (χ0n) is 18.1. The summed E-state index contributed by atoms with van der Waals surface area (Å²) in [4.78, 5) is 12.4. The summed E-state index contributed by atoms with van der Waals surface area (Å²) in [5.41, 5.74) is 2.95. The second-order valence-electron chi connectivity index (χ2n) is 7.62. The van der Waals surface area contributed by atoms with Crippen molar-refractivity contribution in [3.8, 4) is 17.2 Å². The third kappa shape index (κ3) is 3.89. The molecule has 0 atom stereocenters. The predicted octanol–water partition coefficient (Wildman–Crippen LogP) is 5.72. The normalized spacial score (nSPS) is 13.4. The van der Waals surface area contributed by atoms with E-state index in [4.69, 9.17) is 18.9 Å². The topological polar surface area (TPSA) is 54.0 Å². The standard InChI is InChI=1S/C28H22O5/c1-30-27(29)21-17-24(31-19-20-11-5-2-6-12-20)26-25(18-21)32-28(33-26,22-13-7-3-8-14-22)23-15-9-4-10-16-23/h2-18H,19H2,1H3. The number of rotatable bonds is 6. The van der Waals surface area contributed by atoms with Gasteiger partial charge in [-0.25, -0.2) is 4.79 Å². The zero-order chi connectivity index (χ0) is 22.7. The molecule has 0 spiro atoms. The summed E-state index contributed by atoms with van der Waals surface area (Å²) in [6, 6.07) is 32.5. The molecule has 0 N–H and O–H groups in total. The summed E-state index contributed by atoms with van der Waals surface area (Å²) in [6.07, 6.45) is 0. The monoisotopic (exact) mass is 438 g/mol. The molecule has 0 aliphatic carbocycles. The van der Waals surface area contributed by atoms with Crippen molar-refractivity contribution in [2.75, 3.05) is 7.11 Å². The van der Waals surface area contributed by atoms with Crippen LogP contribution >= 0.6 is 0 Å². The van der Waals surface area contributed by atoms with Gasteiger partial charge < -0.3 is 18.9 Å². The van der Waals surface area contributed by atoms with E-state index in [-0.39, 0.29) is 0 Å². The van der Waals surface area contributed by atoms with Crippen LogP contribution in [0.3, 0.4) is 0 Å². The minimum Gasteiger partial charge on any atom is -0.485 e. The van der Waals surface area contributed by atoms with E-state index in [1.807, 2.05) is 91.0 Å². The van der Waals surface area contributed by atoms with Gasteiger partial charge >= 0.3 is 11.8 Å². The lowest BCUT2D eigenvalue weighted by Crippen LogP contribution is -2.36. The smallest absolute Gasteiger partial charge is 0.338 e. The molecule has 5 nitrogen and oxygen atoms in total. The molecule has 0 fully saturated rings. The molecule has 0 unspecified atom stereocenters. The van der Waals surface area contributed by atoms with Gasteiger partial charge in [0, 0.05) is 11.1 Å². The van der Waals surface area contributed by atoms with Gasteiger partial charge in [0.05, 0.1) is 12.7 Å². The zero-order valence-corrected chi connectivity index (χ0v) is 18.1. The van der Waals surface area contributed by atoms with Crippen molar-refractivity contribution in [2.24, 2.45) is 0 Å². The fourth-order valence-electron chi connectivity index (χ4n) is 3.87. The Kier molecular flexibility index (Phi) is 5.45. The molecule has 5 heteroatoms. The lowest BCUT2D eigenvalue weighted by molar-refractivity contribution is -0.0469. The molecule has 33 heavy (non-hydrogen) atoms. The van der Waals surface area contributed by atoms with E-state index in [0.717, 1.165) is 16.7 Å². The predicted molar refractivity (Wildman–Crippen MR) is 123 cm³/mol. The fraction of sp³-hybridized carbons (Fsp3) is 0.107. The van der Waals surface area contributed by atoms with Crippen LogP contribution in [0.15, 0.2) is 103 Å². The Balaban J connectivity index is 1.60. The average Bonchev–Trinajstić information content (AvgIpc) is 3.29. The van der Waals surface area contributed by atoms with E-state index in [1.165, 1.54) is 7.11 Å². The van der Waals surface area contributed by atoms with Crippen molar-refractivity contribution in [3.63, 3.8) is 0 Å². The number of ether oxygens (including phenoxy) is 4. The third-order valence-electron chi connectivity index (χ3n) is 5.49. The Morgan fingerprint density at radius 1 is 0.788 bits per heavy atom. The first kappa shape index (κ1) is 20.6. The first-order chi connectivity index (χ1) is 16.2. The van der Waals surface area contributed by atoms with Crippen molar-refractivity contribution in [2.45, 2.75) is 12.4 Å². The van der Waals surface area contributed by atoms with E-state index in [1.54, 1.807) is 12.1 Å². The Morgan fingerprint density at radius 2 is 1.36 bits per heavy atom. The van der Waals surface area contributed by atoms with E-state index in [9.17, 15) is 4.79 Å². The van der Waals surface area contributed by atoms with Gasteiger partial charge in [-0.15, -0.1) is 0 Å². The largest absolute Gasteiger partial charge is 0.485 e. The highest BCUT2D eigenvalue weighted by atomic mass is 16.7. The molecule has 0 saturated carbocycles. The molecule has 4 aromatic carbocycles. The maximum absolute atomic E-state index is 12.4. The molecule has 0 bridgehead atoms. The van der Waals surface area contributed by atoms with Crippen molar-refractivity contribution < 1.29 is 23.7 Å². The quantitative estimate of drug-likeness (QED) is 0.360. The second-order valence-corrected chi connectivity index (χ2v) is 7.62. The number of carbonyl (C=O) groups excluding carboxylic acids is 1. The molecular weight excluding hydrogens is 416 g/mol. The average molecular weight is 438 g/mol. The summed E-state index contributed by atoms with van der Waals surface area (Å²) in [5, 5.41) is 0. The first-order valence-corrected chi connectivity index (χ1v) is 10.6. The van der Waals surface area contributed by atoms with Crippen LogP contribution in [0.4, 0.5) is 0 Å². The van der Waals surface area contributed by atoms with Crippen LogP contribution in [0, 0.1) is 0 Å². The highest BCUT2D eigenvalue weighted by molar-refractivity contribution is 5.91. The number of esters is 1. The lowest BCUT2D eigenvalue weighted by Gasteiger charge is -2.28. The molecule has 1 aliphatic heterocycles. The van der Waals surface area contributed by atoms with Crippen LogP contribution in [0.1, 0.15) is 27.0 Å². The molecule has 5 rings (SSSR count). The van der Waals surface area contributed by atoms with Crippen molar-refractivity contribution in [3.05, 3.63) is 125 Å². The number of carbonyl (C=O) groups is 1. The van der Waals surface area contributed by atoms with Gasteiger partial charge in [0.2, 0.25) is 5.75 Å². The fourth-order valence-corrected chi connectivity index (χ4v) is 3.87. The van der Waals surface area contributed by atoms with E-state index >= 15 is 0 Å². The molecule has 0 radical (unpaired) electrons. The summed E-state index contributed by atoms with van der Waals surface area (Å²) in [7, 11) is 1.34. The maximum atomic E-state index is 12.4. The number of hydrogen-bond donors (Lipinski definition) is 0. The van der Waals surface area contributed by atoms with Gasteiger partial charge in [0.15, 0.2) is 11.5 Å². The van der Waals surface area contributed by atoms with Crippen molar-refractivity contribution in [1.82, 2.24) is 0 Å². The lowest BCUT2D eigenvalue weighted by atomic mass is 9.97. The summed E-state index contributed by atoms with van der Waals surface area (Å²) < 4.78 is 24.1. The van der Waals surface area contributed by atoms with Gasteiger partial charge in [-0.3, -0.25) is 0 Å². The molecule has 0 saturated heterocycles. The Morgan fingerprint density at radius 3 is 1.94 bits per heavy atom. The van der Waals surface area contributed by atoms with Crippen molar-refractivity contribution in [1.29, 1.82) is 0 Å².